The second kappa shape index (κ2) is 6.23. The molecule has 0 radical (unpaired) electrons. The SMILES string of the molecule is CC(=O)c1cc(Br)ccc1N(C)Cc1cccc(C)c1. The van der Waals surface area contributed by atoms with Crippen LogP contribution in [0.1, 0.15) is 28.4 Å². The van der Waals surface area contributed by atoms with Gasteiger partial charge in [-0.2, -0.15) is 0 Å². The smallest absolute Gasteiger partial charge is 0.161 e. The van der Waals surface area contributed by atoms with Crippen LogP contribution in [0, 0.1) is 6.92 Å². The van der Waals surface area contributed by atoms with E-state index in [9.17, 15) is 4.79 Å². The maximum Gasteiger partial charge on any atom is 0.161 e. The average Bonchev–Trinajstić information content (AvgIpc) is 2.38. The zero-order valence-corrected chi connectivity index (χ0v) is 13.6. The highest BCUT2D eigenvalue weighted by molar-refractivity contribution is 9.10. The highest BCUT2D eigenvalue weighted by atomic mass is 79.9. The summed E-state index contributed by atoms with van der Waals surface area (Å²) in [6.45, 7) is 4.47. The molecule has 3 heteroatoms. The Morgan fingerprint density at radius 2 is 1.95 bits per heavy atom. The Bertz CT molecular complexity index is 637. The Morgan fingerprint density at radius 1 is 1.20 bits per heavy atom. The number of rotatable bonds is 4. The third-order valence-corrected chi connectivity index (χ3v) is 3.74. The van der Waals surface area contributed by atoms with Crippen LogP contribution in [-0.2, 0) is 6.54 Å². The van der Waals surface area contributed by atoms with Crippen molar-refractivity contribution in [2.45, 2.75) is 20.4 Å². The van der Waals surface area contributed by atoms with Gasteiger partial charge in [-0.3, -0.25) is 4.79 Å². The van der Waals surface area contributed by atoms with Crippen LogP contribution in [0.2, 0.25) is 0 Å². The fourth-order valence-corrected chi connectivity index (χ4v) is 2.65. The average molecular weight is 332 g/mol. The number of aryl methyl sites for hydroxylation is 1. The quantitative estimate of drug-likeness (QED) is 0.763. The maximum atomic E-state index is 11.8. The molecule has 0 aromatic heterocycles. The zero-order valence-electron chi connectivity index (χ0n) is 12.0. The lowest BCUT2D eigenvalue weighted by Crippen LogP contribution is -2.19. The molecule has 0 aliphatic rings. The molecule has 0 aliphatic carbocycles. The molecule has 20 heavy (non-hydrogen) atoms. The second-order valence-corrected chi connectivity index (χ2v) is 5.98. The number of hydrogen-bond acceptors (Lipinski definition) is 2. The van der Waals surface area contributed by atoms with Gasteiger partial charge >= 0.3 is 0 Å². The first-order chi connectivity index (χ1) is 9.47. The van der Waals surface area contributed by atoms with Crippen LogP contribution >= 0.6 is 15.9 Å². The van der Waals surface area contributed by atoms with E-state index >= 15 is 0 Å². The van der Waals surface area contributed by atoms with Crippen molar-refractivity contribution < 1.29 is 4.79 Å². The molecule has 0 spiro atoms. The van der Waals surface area contributed by atoms with Gasteiger partial charge in [0.1, 0.15) is 0 Å². The highest BCUT2D eigenvalue weighted by Crippen LogP contribution is 2.25. The molecule has 2 aromatic carbocycles. The van der Waals surface area contributed by atoms with Crippen molar-refractivity contribution in [3.63, 3.8) is 0 Å². The zero-order chi connectivity index (χ0) is 14.7. The molecule has 0 saturated carbocycles. The van der Waals surface area contributed by atoms with Crippen molar-refractivity contribution in [3.8, 4) is 0 Å². The van der Waals surface area contributed by atoms with Crippen molar-refractivity contribution >= 4 is 27.4 Å². The summed E-state index contributed by atoms with van der Waals surface area (Å²) in [6, 6.07) is 14.3. The number of anilines is 1. The lowest BCUT2D eigenvalue weighted by Gasteiger charge is -2.22. The van der Waals surface area contributed by atoms with E-state index in [-0.39, 0.29) is 5.78 Å². The molecule has 0 heterocycles. The van der Waals surface area contributed by atoms with Crippen LogP contribution < -0.4 is 4.90 Å². The van der Waals surface area contributed by atoms with E-state index in [1.807, 2.05) is 25.2 Å². The molecular formula is C17H18BrNO. The largest absolute Gasteiger partial charge is 0.370 e. The first-order valence-electron chi connectivity index (χ1n) is 6.54. The monoisotopic (exact) mass is 331 g/mol. The Kier molecular flexibility index (Phi) is 4.61. The first-order valence-corrected chi connectivity index (χ1v) is 7.34. The van der Waals surface area contributed by atoms with Crippen LogP contribution in [-0.4, -0.2) is 12.8 Å². The van der Waals surface area contributed by atoms with E-state index in [0.717, 1.165) is 22.3 Å². The second-order valence-electron chi connectivity index (χ2n) is 5.06. The maximum absolute atomic E-state index is 11.8. The van der Waals surface area contributed by atoms with Gasteiger partial charge in [0.2, 0.25) is 0 Å². The number of hydrogen-bond donors (Lipinski definition) is 0. The van der Waals surface area contributed by atoms with Crippen molar-refractivity contribution in [1.82, 2.24) is 0 Å². The van der Waals surface area contributed by atoms with Crippen molar-refractivity contribution in [2.75, 3.05) is 11.9 Å². The number of carbonyl (C=O) groups is 1. The third kappa shape index (κ3) is 3.48. The molecule has 2 nitrogen and oxygen atoms in total. The number of halogens is 1. The van der Waals surface area contributed by atoms with Crippen molar-refractivity contribution in [2.24, 2.45) is 0 Å². The van der Waals surface area contributed by atoms with E-state index in [1.54, 1.807) is 6.92 Å². The number of ketones is 1. The van der Waals surface area contributed by atoms with Crippen molar-refractivity contribution in [1.29, 1.82) is 0 Å². The predicted octanol–water partition coefficient (Wildman–Crippen LogP) is 4.60. The number of benzene rings is 2. The number of Topliss-reactive ketones (excluding diaryl/α,β-unsaturated/α-hetero) is 1. The van der Waals surface area contributed by atoms with E-state index in [1.165, 1.54) is 11.1 Å². The third-order valence-electron chi connectivity index (χ3n) is 3.25. The van der Waals surface area contributed by atoms with Gasteiger partial charge in [-0.05, 0) is 37.6 Å². The Hall–Kier alpha value is -1.61. The van der Waals surface area contributed by atoms with Gasteiger partial charge in [0.15, 0.2) is 5.78 Å². The molecule has 2 rings (SSSR count). The molecule has 0 aliphatic heterocycles. The lowest BCUT2D eigenvalue weighted by molar-refractivity contribution is 0.101. The van der Waals surface area contributed by atoms with Gasteiger partial charge < -0.3 is 4.90 Å². The van der Waals surface area contributed by atoms with E-state index in [0.29, 0.717) is 0 Å². The van der Waals surface area contributed by atoms with Gasteiger partial charge in [0, 0.05) is 29.3 Å². The fourth-order valence-electron chi connectivity index (χ4n) is 2.29. The van der Waals surface area contributed by atoms with Gasteiger partial charge in [-0.1, -0.05) is 45.8 Å². The van der Waals surface area contributed by atoms with Gasteiger partial charge in [0.25, 0.3) is 0 Å². The number of carbonyl (C=O) groups excluding carboxylic acids is 1. The Morgan fingerprint density at radius 3 is 2.60 bits per heavy atom. The summed E-state index contributed by atoms with van der Waals surface area (Å²) in [4.78, 5) is 13.9. The molecule has 0 bridgehead atoms. The van der Waals surface area contributed by atoms with Crippen LogP contribution in [0.5, 0.6) is 0 Å². The topological polar surface area (TPSA) is 20.3 Å². The minimum atomic E-state index is 0.0809. The van der Waals surface area contributed by atoms with Crippen LogP contribution in [0.15, 0.2) is 46.9 Å². The first kappa shape index (κ1) is 14.8. The molecule has 104 valence electrons. The van der Waals surface area contributed by atoms with Crippen LogP contribution in [0.3, 0.4) is 0 Å². The minimum Gasteiger partial charge on any atom is -0.370 e. The highest BCUT2D eigenvalue weighted by Gasteiger charge is 2.12. The van der Waals surface area contributed by atoms with E-state index in [2.05, 4.69) is 52.0 Å². The summed E-state index contributed by atoms with van der Waals surface area (Å²) < 4.78 is 0.926. The molecule has 0 amide bonds. The minimum absolute atomic E-state index is 0.0809. The van der Waals surface area contributed by atoms with Gasteiger partial charge in [-0.15, -0.1) is 0 Å². The molecular weight excluding hydrogens is 314 g/mol. The Labute approximate surface area is 128 Å². The van der Waals surface area contributed by atoms with Crippen LogP contribution in [0.25, 0.3) is 0 Å². The summed E-state index contributed by atoms with van der Waals surface area (Å²) in [5.74, 6) is 0.0809. The van der Waals surface area contributed by atoms with E-state index in [4.69, 9.17) is 0 Å². The lowest BCUT2D eigenvalue weighted by atomic mass is 10.1. The molecule has 2 aromatic rings. The molecule has 0 atom stereocenters. The molecule has 0 saturated heterocycles. The van der Waals surface area contributed by atoms with Gasteiger partial charge in [-0.25, -0.2) is 0 Å². The number of nitrogens with zero attached hydrogens (tertiary/aromatic N) is 1. The summed E-state index contributed by atoms with van der Waals surface area (Å²) in [7, 11) is 2.01. The summed E-state index contributed by atoms with van der Waals surface area (Å²) in [5.41, 5.74) is 4.19. The van der Waals surface area contributed by atoms with Gasteiger partial charge in [0.05, 0.1) is 0 Å². The molecule has 0 N–H and O–H groups in total. The standard InChI is InChI=1S/C17H18BrNO/c1-12-5-4-6-14(9-12)11-19(3)17-8-7-15(18)10-16(17)13(2)20/h4-10H,11H2,1-3H3. The fraction of sp³-hybridized carbons (Fsp3) is 0.235. The normalized spacial score (nSPS) is 10.4. The summed E-state index contributed by atoms with van der Waals surface area (Å²) >= 11 is 3.42. The molecule has 0 fully saturated rings. The predicted molar refractivity (Wildman–Crippen MR) is 87.4 cm³/mol. The van der Waals surface area contributed by atoms with Crippen LogP contribution in [0.4, 0.5) is 5.69 Å². The summed E-state index contributed by atoms with van der Waals surface area (Å²) in [5, 5.41) is 0. The van der Waals surface area contributed by atoms with E-state index < -0.39 is 0 Å². The molecule has 0 unspecified atom stereocenters. The summed E-state index contributed by atoms with van der Waals surface area (Å²) in [6.07, 6.45) is 0. The Balaban J connectivity index is 2.29. The van der Waals surface area contributed by atoms with Crippen molar-refractivity contribution in [3.05, 3.63) is 63.6 Å².